The molecule has 0 aromatic heterocycles. The van der Waals surface area contributed by atoms with E-state index in [1.807, 2.05) is 19.9 Å². The van der Waals surface area contributed by atoms with E-state index in [-0.39, 0.29) is 23.4 Å². The zero-order valence-electron chi connectivity index (χ0n) is 21.7. The minimum atomic E-state index is -0.869. The number of aryl methyl sites for hydroxylation is 2. The fourth-order valence-corrected chi connectivity index (χ4v) is 4.40. The molecule has 194 valence electrons. The largest absolute Gasteiger partial charge is 0.497 e. The molecule has 38 heavy (non-hydrogen) atoms. The predicted molar refractivity (Wildman–Crippen MR) is 143 cm³/mol. The van der Waals surface area contributed by atoms with Crippen LogP contribution in [-0.2, 0) is 20.7 Å². The van der Waals surface area contributed by atoms with Crippen LogP contribution >= 0.6 is 0 Å². The molecule has 0 atom stereocenters. The lowest BCUT2D eigenvalue weighted by Crippen LogP contribution is -2.54. The number of carbonyl (C=O) groups is 4. The number of amides is 4. The normalized spacial score (nSPS) is 14.5. The molecular formula is C30H28N2O6. The van der Waals surface area contributed by atoms with Crippen molar-refractivity contribution in [1.82, 2.24) is 5.32 Å². The second-order valence-corrected chi connectivity index (χ2v) is 8.96. The molecule has 0 radical (unpaired) electrons. The Hall–Kier alpha value is -4.72. The Bertz CT molecular complexity index is 1440. The number of imide groups is 2. The van der Waals surface area contributed by atoms with E-state index in [0.717, 1.165) is 27.2 Å². The SMILES string of the molecule is CCOC(=O)c1ccc(N2C(=O)NC(=O)/C(=C\c3ccc(OC)cc3Cc3cc(C)cc(C)c3)C2=O)cc1. The van der Waals surface area contributed by atoms with E-state index in [0.29, 0.717) is 17.7 Å². The van der Waals surface area contributed by atoms with E-state index < -0.39 is 23.8 Å². The van der Waals surface area contributed by atoms with Crippen LogP contribution in [0, 0.1) is 13.8 Å². The standard InChI is InChI=1S/C30H28N2O6/c1-5-38-29(35)21-6-9-24(10-7-21)32-28(34)26(27(33)31-30(32)36)17-22-8-11-25(37-4)16-23(22)15-20-13-18(2)12-19(3)14-20/h6-14,16-17H,5,15H2,1-4H3,(H,31,33,36)/b26-17+. The first-order chi connectivity index (χ1) is 18.2. The van der Waals surface area contributed by atoms with Crippen molar-refractivity contribution in [2.75, 3.05) is 18.6 Å². The van der Waals surface area contributed by atoms with E-state index in [9.17, 15) is 19.2 Å². The quantitative estimate of drug-likeness (QED) is 0.279. The molecule has 1 heterocycles. The number of rotatable bonds is 7. The van der Waals surface area contributed by atoms with Gasteiger partial charge >= 0.3 is 12.0 Å². The Morgan fingerprint density at radius 3 is 2.26 bits per heavy atom. The molecule has 8 nitrogen and oxygen atoms in total. The second kappa shape index (κ2) is 11.1. The molecule has 1 fully saturated rings. The molecule has 4 amide bonds. The smallest absolute Gasteiger partial charge is 0.338 e. The van der Waals surface area contributed by atoms with Crippen LogP contribution in [0.5, 0.6) is 5.75 Å². The van der Waals surface area contributed by atoms with Crippen molar-refractivity contribution in [1.29, 1.82) is 0 Å². The van der Waals surface area contributed by atoms with Crippen LogP contribution in [0.1, 0.15) is 45.1 Å². The molecule has 0 saturated carbocycles. The summed E-state index contributed by atoms with van der Waals surface area (Å²) in [4.78, 5) is 51.6. The molecule has 0 bridgehead atoms. The van der Waals surface area contributed by atoms with Crippen molar-refractivity contribution in [3.05, 3.63) is 99.6 Å². The van der Waals surface area contributed by atoms with Gasteiger partial charge in [-0.1, -0.05) is 35.4 Å². The van der Waals surface area contributed by atoms with E-state index in [2.05, 4.69) is 23.5 Å². The summed E-state index contributed by atoms with van der Waals surface area (Å²) in [6.45, 7) is 5.98. The number of hydrogen-bond acceptors (Lipinski definition) is 6. The molecule has 8 heteroatoms. The molecule has 3 aromatic carbocycles. The first kappa shape index (κ1) is 26.3. The maximum absolute atomic E-state index is 13.4. The summed E-state index contributed by atoms with van der Waals surface area (Å²) < 4.78 is 10.4. The number of hydrogen-bond donors (Lipinski definition) is 1. The topological polar surface area (TPSA) is 102 Å². The van der Waals surface area contributed by atoms with Gasteiger partial charge in [-0.05, 0) is 86.4 Å². The number of urea groups is 1. The molecule has 1 aliphatic rings. The van der Waals surface area contributed by atoms with E-state index in [1.165, 1.54) is 30.3 Å². The minimum Gasteiger partial charge on any atom is -0.497 e. The van der Waals surface area contributed by atoms with Crippen LogP contribution in [0.15, 0.2) is 66.2 Å². The number of carbonyl (C=O) groups excluding carboxylic acids is 4. The third kappa shape index (κ3) is 5.64. The molecule has 4 rings (SSSR count). The Labute approximate surface area is 220 Å². The highest BCUT2D eigenvalue weighted by Gasteiger charge is 2.37. The number of esters is 1. The van der Waals surface area contributed by atoms with Crippen LogP contribution in [0.4, 0.5) is 10.5 Å². The van der Waals surface area contributed by atoms with Crippen LogP contribution < -0.4 is 15.0 Å². The fraction of sp³-hybridized carbons (Fsp3) is 0.200. The summed E-state index contributed by atoms with van der Waals surface area (Å²) in [6.07, 6.45) is 2.04. The Morgan fingerprint density at radius 1 is 0.947 bits per heavy atom. The van der Waals surface area contributed by atoms with Crippen molar-refractivity contribution in [3.8, 4) is 5.75 Å². The zero-order valence-corrected chi connectivity index (χ0v) is 21.7. The van der Waals surface area contributed by atoms with Gasteiger partial charge in [-0.25, -0.2) is 14.5 Å². The van der Waals surface area contributed by atoms with Crippen LogP contribution in [-0.4, -0.2) is 37.5 Å². The lowest BCUT2D eigenvalue weighted by molar-refractivity contribution is -0.122. The summed E-state index contributed by atoms with van der Waals surface area (Å²) >= 11 is 0. The number of ether oxygens (including phenoxy) is 2. The van der Waals surface area contributed by atoms with E-state index in [1.54, 1.807) is 26.2 Å². The van der Waals surface area contributed by atoms with E-state index >= 15 is 0 Å². The number of nitrogens with zero attached hydrogens (tertiary/aromatic N) is 1. The average molecular weight is 513 g/mol. The van der Waals surface area contributed by atoms with Crippen LogP contribution in [0.2, 0.25) is 0 Å². The highest BCUT2D eigenvalue weighted by molar-refractivity contribution is 6.39. The highest BCUT2D eigenvalue weighted by Crippen LogP contribution is 2.27. The minimum absolute atomic E-state index is 0.189. The maximum Gasteiger partial charge on any atom is 0.338 e. The lowest BCUT2D eigenvalue weighted by Gasteiger charge is -2.26. The Kier molecular flexibility index (Phi) is 7.71. The molecule has 0 aliphatic carbocycles. The molecule has 3 aromatic rings. The average Bonchev–Trinajstić information content (AvgIpc) is 2.87. The molecule has 0 unspecified atom stereocenters. The molecular weight excluding hydrogens is 484 g/mol. The third-order valence-electron chi connectivity index (χ3n) is 6.06. The number of methoxy groups -OCH3 is 1. The summed E-state index contributed by atoms with van der Waals surface area (Å²) in [5.41, 5.74) is 5.14. The van der Waals surface area contributed by atoms with E-state index in [4.69, 9.17) is 9.47 Å². The fourth-order valence-electron chi connectivity index (χ4n) is 4.40. The Morgan fingerprint density at radius 2 is 1.63 bits per heavy atom. The van der Waals surface area contributed by atoms with Gasteiger partial charge in [0.2, 0.25) is 0 Å². The van der Waals surface area contributed by atoms with Gasteiger partial charge in [-0.2, -0.15) is 0 Å². The van der Waals surface area contributed by atoms with Gasteiger partial charge in [-0.15, -0.1) is 0 Å². The lowest BCUT2D eigenvalue weighted by atomic mass is 9.95. The van der Waals surface area contributed by atoms with Crippen molar-refractivity contribution in [2.45, 2.75) is 27.2 Å². The Balaban J connectivity index is 1.70. The summed E-state index contributed by atoms with van der Waals surface area (Å²) in [5, 5.41) is 2.24. The maximum atomic E-state index is 13.4. The number of anilines is 1. The van der Waals surface area contributed by atoms with Gasteiger partial charge in [0, 0.05) is 0 Å². The zero-order chi connectivity index (χ0) is 27.4. The van der Waals surface area contributed by atoms with Gasteiger partial charge in [0.15, 0.2) is 0 Å². The highest BCUT2D eigenvalue weighted by atomic mass is 16.5. The second-order valence-electron chi connectivity index (χ2n) is 8.96. The summed E-state index contributed by atoms with van der Waals surface area (Å²) in [5.74, 6) is -1.42. The van der Waals surface area contributed by atoms with Crippen molar-refractivity contribution in [3.63, 3.8) is 0 Å². The van der Waals surface area contributed by atoms with Gasteiger partial charge < -0.3 is 9.47 Å². The van der Waals surface area contributed by atoms with Gasteiger partial charge in [0.25, 0.3) is 11.8 Å². The number of barbiturate groups is 1. The van der Waals surface area contributed by atoms with Gasteiger partial charge in [0.05, 0.1) is 25.0 Å². The molecule has 1 saturated heterocycles. The third-order valence-corrected chi connectivity index (χ3v) is 6.06. The van der Waals surface area contributed by atoms with Crippen molar-refractivity contribution in [2.24, 2.45) is 0 Å². The van der Waals surface area contributed by atoms with Gasteiger partial charge in [-0.3, -0.25) is 14.9 Å². The van der Waals surface area contributed by atoms with Crippen molar-refractivity contribution < 1.29 is 28.7 Å². The number of benzene rings is 3. The van der Waals surface area contributed by atoms with Crippen molar-refractivity contribution >= 4 is 35.6 Å². The first-order valence-corrected chi connectivity index (χ1v) is 12.1. The molecule has 1 aliphatic heterocycles. The summed E-state index contributed by atoms with van der Waals surface area (Å²) in [6, 6.07) is 16.6. The van der Waals surface area contributed by atoms with Crippen LogP contribution in [0.25, 0.3) is 6.08 Å². The molecule has 1 N–H and O–H groups in total. The first-order valence-electron chi connectivity index (χ1n) is 12.1. The molecule has 0 spiro atoms. The number of nitrogens with one attached hydrogen (secondary N) is 1. The predicted octanol–water partition coefficient (Wildman–Crippen LogP) is 4.75. The monoisotopic (exact) mass is 512 g/mol. The summed E-state index contributed by atoms with van der Waals surface area (Å²) in [7, 11) is 1.57. The van der Waals surface area contributed by atoms with Crippen LogP contribution in [0.3, 0.4) is 0 Å². The van der Waals surface area contributed by atoms with Gasteiger partial charge in [0.1, 0.15) is 11.3 Å².